The highest BCUT2D eigenvalue weighted by Crippen LogP contribution is 2.12. The molecule has 0 spiro atoms. The molecule has 0 atom stereocenters. The van der Waals surface area contributed by atoms with Gasteiger partial charge in [-0.2, -0.15) is 0 Å². The number of carboxylic acid groups (broad SMARTS) is 1. The lowest BCUT2D eigenvalue weighted by atomic mass is 10.1. The molecule has 1 amide bonds. The zero-order valence-electron chi connectivity index (χ0n) is 13.8. The van der Waals surface area contributed by atoms with Crippen LogP contribution in [0.15, 0.2) is 24.3 Å². The van der Waals surface area contributed by atoms with Crippen LogP contribution in [0.2, 0.25) is 0 Å². The molecule has 1 fully saturated rings. The molecule has 5 heteroatoms. The molecule has 0 aliphatic carbocycles. The van der Waals surface area contributed by atoms with Gasteiger partial charge in [0.25, 0.3) is 5.91 Å². The van der Waals surface area contributed by atoms with Crippen LogP contribution in [0.4, 0.5) is 0 Å². The summed E-state index contributed by atoms with van der Waals surface area (Å²) >= 11 is 0. The number of piperazine rings is 1. The smallest absolute Gasteiger partial charge is 0.303 e. The van der Waals surface area contributed by atoms with E-state index in [1.165, 1.54) is 12.8 Å². The minimum absolute atomic E-state index is 0.0740. The summed E-state index contributed by atoms with van der Waals surface area (Å²) in [4.78, 5) is 27.4. The van der Waals surface area contributed by atoms with Crippen molar-refractivity contribution < 1.29 is 14.7 Å². The molecule has 2 rings (SSSR count). The van der Waals surface area contributed by atoms with Crippen LogP contribution in [0, 0.1) is 0 Å². The SMILES string of the molecule is CCCCN1CCN(C(=O)c2ccc(CCC(=O)O)cc2)CC1. The van der Waals surface area contributed by atoms with Crippen molar-refractivity contribution in [1.29, 1.82) is 0 Å². The number of hydrogen-bond donors (Lipinski definition) is 1. The van der Waals surface area contributed by atoms with Gasteiger partial charge in [0.15, 0.2) is 0 Å². The third kappa shape index (κ3) is 5.36. The van der Waals surface area contributed by atoms with Gasteiger partial charge in [-0.1, -0.05) is 25.5 Å². The maximum atomic E-state index is 12.5. The first kappa shape index (κ1) is 17.5. The topological polar surface area (TPSA) is 60.9 Å². The molecule has 1 aliphatic rings. The Morgan fingerprint density at radius 3 is 2.30 bits per heavy atom. The maximum absolute atomic E-state index is 12.5. The van der Waals surface area contributed by atoms with Gasteiger partial charge in [-0.3, -0.25) is 14.5 Å². The fourth-order valence-electron chi connectivity index (χ4n) is 2.80. The summed E-state index contributed by atoms with van der Waals surface area (Å²) in [5.74, 6) is -0.726. The standard InChI is InChI=1S/C18H26N2O3/c1-2-3-10-19-11-13-20(14-12-19)18(23)16-7-4-15(5-8-16)6-9-17(21)22/h4-5,7-8H,2-3,6,9-14H2,1H3,(H,21,22). The van der Waals surface area contributed by atoms with Crippen molar-refractivity contribution >= 4 is 11.9 Å². The third-order valence-electron chi connectivity index (χ3n) is 4.32. The first-order valence-electron chi connectivity index (χ1n) is 8.42. The van der Waals surface area contributed by atoms with E-state index in [1.807, 2.05) is 29.2 Å². The Morgan fingerprint density at radius 2 is 1.74 bits per heavy atom. The van der Waals surface area contributed by atoms with Crippen molar-refractivity contribution in [3.63, 3.8) is 0 Å². The molecule has 1 heterocycles. The van der Waals surface area contributed by atoms with E-state index < -0.39 is 5.97 Å². The van der Waals surface area contributed by atoms with E-state index in [-0.39, 0.29) is 12.3 Å². The van der Waals surface area contributed by atoms with Gasteiger partial charge in [0.1, 0.15) is 0 Å². The maximum Gasteiger partial charge on any atom is 0.303 e. The van der Waals surface area contributed by atoms with Gasteiger partial charge < -0.3 is 10.0 Å². The quantitative estimate of drug-likeness (QED) is 0.838. The van der Waals surface area contributed by atoms with Gasteiger partial charge in [0.05, 0.1) is 0 Å². The molecule has 1 saturated heterocycles. The Hall–Kier alpha value is -1.88. The van der Waals surface area contributed by atoms with Crippen LogP contribution in [0.1, 0.15) is 42.1 Å². The van der Waals surface area contributed by atoms with Gasteiger partial charge >= 0.3 is 5.97 Å². The highest BCUT2D eigenvalue weighted by molar-refractivity contribution is 5.94. The Bertz CT molecular complexity index is 520. The zero-order valence-corrected chi connectivity index (χ0v) is 13.8. The lowest BCUT2D eigenvalue weighted by Crippen LogP contribution is -2.48. The largest absolute Gasteiger partial charge is 0.481 e. The van der Waals surface area contributed by atoms with Crippen molar-refractivity contribution in [3.8, 4) is 0 Å². The Morgan fingerprint density at radius 1 is 1.09 bits per heavy atom. The predicted molar refractivity (Wildman–Crippen MR) is 89.7 cm³/mol. The summed E-state index contributed by atoms with van der Waals surface area (Å²) in [6.45, 7) is 6.77. The third-order valence-corrected chi connectivity index (χ3v) is 4.32. The second-order valence-corrected chi connectivity index (χ2v) is 6.08. The van der Waals surface area contributed by atoms with E-state index in [0.29, 0.717) is 12.0 Å². The minimum Gasteiger partial charge on any atom is -0.481 e. The van der Waals surface area contributed by atoms with Crippen LogP contribution in [0.25, 0.3) is 0 Å². The molecule has 23 heavy (non-hydrogen) atoms. The van der Waals surface area contributed by atoms with E-state index in [2.05, 4.69) is 11.8 Å². The molecular formula is C18H26N2O3. The van der Waals surface area contributed by atoms with Crippen LogP contribution in [-0.2, 0) is 11.2 Å². The molecular weight excluding hydrogens is 292 g/mol. The first-order valence-corrected chi connectivity index (χ1v) is 8.42. The van der Waals surface area contributed by atoms with Crippen LogP contribution in [0.3, 0.4) is 0 Å². The molecule has 1 aromatic carbocycles. The number of carbonyl (C=O) groups excluding carboxylic acids is 1. The van der Waals surface area contributed by atoms with Crippen molar-refractivity contribution in [2.24, 2.45) is 0 Å². The van der Waals surface area contributed by atoms with Crippen molar-refractivity contribution in [1.82, 2.24) is 9.80 Å². The Kier molecular flexibility index (Phi) is 6.59. The Labute approximate surface area is 137 Å². The molecule has 0 radical (unpaired) electrons. The lowest BCUT2D eigenvalue weighted by molar-refractivity contribution is -0.136. The summed E-state index contributed by atoms with van der Waals surface area (Å²) in [6, 6.07) is 7.33. The number of nitrogens with zero attached hydrogens (tertiary/aromatic N) is 2. The molecule has 1 aliphatic heterocycles. The van der Waals surface area contributed by atoms with E-state index in [0.717, 1.165) is 38.3 Å². The number of rotatable bonds is 7. The summed E-state index contributed by atoms with van der Waals surface area (Å²) < 4.78 is 0. The lowest BCUT2D eigenvalue weighted by Gasteiger charge is -2.34. The van der Waals surface area contributed by atoms with Gasteiger partial charge in [-0.25, -0.2) is 0 Å². The highest BCUT2D eigenvalue weighted by Gasteiger charge is 2.21. The second kappa shape index (κ2) is 8.67. The first-order chi connectivity index (χ1) is 11.1. The fraction of sp³-hybridized carbons (Fsp3) is 0.556. The summed E-state index contributed by atoms with van der Waals surface area (Å²) in [5.41, 5.74) is 1.64. The number of carbonyl (C=O) groups is 2. The number of hydrogen-bond acceptors (Lipinski definition) is 3. The van der Waals surface area contributed by atoms with Crippen molar-refractivity contribution in [2.75, 3.05) is 32.7 Å². The molecule has 1 aromatic rings. The average molecular weight is 318 g/mol. The summed E-state index contributed by atoms with van der Waals surface area (Å²) in [7, 11) is 0. The molecule has 0 aromatic heterocycles. The van der Waals surface area contributed by atoms with Gasteiger partial charge in [0.2, 0.25) is 0 Å². The van der Waals surface area contributed by atoms with Crippen LogP contribution >= 0.6 is 0 Å². The van der Waals surface area contributed by atoms with Gasteiger partial charge in [-0.05, 0) is 37.1 Å². The number of amides is 1. The van der Waals surface area contributed by atoms with E-state index in [1.54, 1.807) is 0 Å². The normalized spacial score (nSPS) is 15.6. The van der Waals surface area contributed by atoms with E-state index in [4.69, 9.17) is 5.11 Å². The van der Waals surface area contributed by atoms with E-state index >= 15 is 0 Å². The van der Waals surface area contributed by atoms with Gasteiger partial charge in [-0.15, -0.1) is 0 Å². The summed E-state index contributed by atoms with van der Waals surface area (Å²) in [6.07, 6.45) is 3.03. The average Bonchev–Trinajstić information content (AvgIpc) is 2.58. The number of aryl methyl sites for hydroxylation is 1. The van der Waals surface area contributed by atoms with Gasteiger partial charge in [0, 0.05) is 38.2 Å². The van der Waals surface area contributed by atoms with Crippen LogP contribution in [-0.4, -0.2) is 59.5 Å². The molecule has 0 bridgehead atoms. The van der Waals surface area contributed by atoms with Crippen molar-refractivity contribution in [2.45, 2.75) is 32.6 Å². The molecule has 0 saturated carbocycles. The molecule has 0 unspecified atom stereocenters. The predicted octanol–water partition coefficient (Wildman–Crippen LogP) is 2.26. The Balaban J connectivity index is 1.85. The minimum atomic E-state index is -0.800. The van der Waals surface area contributed by atoms with Crippen LogP contribution in [0.5, 0.6) is 0 Å². The second-order valence-electron chi connectivity index (χ2n) is 6.08. The van der Waals surface area contributed by atoms with E-state index in [9.17, 15) is 9.59 Å². The van der Waals surface area contributed by atoms with Crippen molar-refractivity contribution in [3.05, 3.63) is 35.4 Å². The molecule has 5 nitrogen and oxygen atoms in total. The monoisotopic (exact) mass is 318 g/mol. The number of aliphatic carboxylic acids is 1. The number of carboxylic acids is 1. The summed E-state index contributed by atoms with van der Waals surface area (Å²) in [5, 5.41) is 8.70. The molecule has 126 valence electrons. The fourth-order valence-corrected chi connectivity index (χ4v) is 2.80. The highest BCUT2D eigenvalue weighted by atomic mass is 16.4. The zero-order chi connectivity index (χ0) is 16.7. The van der Waals surface area contributed by atoms with Crippen LogP contribution < -0.4 is 0 Å². The molecule has 1 N–H and O–H groups in total. The number of benzene rings is 1. The number of unbranched alkanes of at least 4 members (excludes halogenated alkanes) is 1.